The highest BCUT2D eigenvalue weighted by Gasteiger charge is 2.28. The number of benzene rings is 2. The summed E-state index contributed by atoms with van der Waals surface area (Å²) in [6, 6.07) is 20.0. The minimum Gasteiger partial charge on any atom is -1.00 e. The molecule has 0 aliphatic heterocycles. The lowest BCUT2D eigenvalue weighted by Gasteiger charge is -2.21. The fourth-order valence-electron chi connectivity index (χ4n) is 5.45. The van der Waals surface area contributed by atoms with Crippen LogP contribution in [0.25, 0.3) is 0 Å². The lowest BCUT2D eigenvalue weighted by Crippen LogP contribution is -3.00. The van der Waals surface area contributed by atoms with Gasteiger partial charge in [-0.1, -0.05) is 109 Å². The highest BCUT2D eigenvalue weighted by atomic mass is 127. The van der Waals surface area contributed by atoms with Crippen LogP contribution in [0.4, 0.5) is 0 Å². The lowest BCUT2D eigenvalue weighted by molar-refractivity contribution is -0.704. The molecule has 45 heavy (non-hydrogen) atoms. The number of hydrogen-bond acceptors (Lipinski definition) is 4. The first-order chi connectivity index (χ1) is 21.6. The van der Waals surface area contributed by atoms with Gasteiger partial charge in [-0.25, -0.2) is 4.57 Å². The van der Waals surface area contributed by atoms with Gasteiger partial charge in [0.15, 0.2) is 17.7 Å². The second-order valence-electron chi connectivity index (χ2n) is 11.6. The summed E-state index contributed by atoms with van der Waals surface area (Å²) in [5.41, 5.74) is 1.73. The molecule has 0 unspecified atom stereocenters. The van der Waals surface area contributed by atoms with E-state index in [1.165, 1.54) is 69.1 Å². The number of unbranched alkanes of at least 4 members (excludes halogenated alkanes) is 11. The van der Waals surface area contributed by atoms with Gasteiger partial charge in [-0.3, -0.25) is 14.5 Å². The van der Waals surface area contributed by atoms with E-state index in [0.29, 0.717) is 29.2 Å². The van der Waals surface area contributed by atoms with Crippen LogP contribution in [0.2, 0.25) is 0 Å². The SMILES string of the molecule is CCCCCCCCCCCCCCOc1ccc(C(=O)N(Cc2cccc[n+]2CCC)C(=O)c2ccccc2)cc1OC.[I-]. The average molecular weight is 729 g/mol. The van der Waals surface area contributed by atoms with Gasteiger partial charge < -0.3 is 33.5 Å². The molecule has 3 aromatic rings. The molecule has 0 saturated carbocycles. The summed E-state index contributed by atoms with van der Waals surface area (Å²) >= 11 is 0. The lowest BCUT2D eigenvalue weighted by atomic mass is 10.1. The fourth-order valence-corrected chi connectivity index (χ4v) is 5.45. The Morgan fingerprint density at radius 2 is 1.27 bits per heavy atom. The molecular formula is C38H53IN2O4. The smallest absolute Gasteiger partial charge is 0.261 e. The van der Waals surface area contributed by atoms with Crippen molar-refractivity contribution in [2.75, 3.05) is 13.7 Å². The van der Waals surface area contributed by atoms with Crippen molar-refractivity contribution in [3.05, 3.63) is 89.7 Å². The number of aromatic nitrogens is 1. The maximum Gasteiger partial charge on any atom is 0.261 e. The molecule has 3 rings (SSSR count). The number of amides is 2. The van der Waals surface area contributed by atoms with Gasteiger partial charge in [-0.2, -0.15) is 0 Å². The number of rotatable bonds is 21. The molecule has 1 heterocycles. The van der Waals surface area contributed by atoms with Crippen LogP contribution in [0.1, 0.15) is 124 Å². The maximum absolute atomic E-state index is 13.9. The number of hydrogen-bond donors (Lipinski definition) is 0. The van der Waals surface area contributed by atoms with E-state index in [1.807, 2.05) is 30.5 Å². The number of ether oxygens (including phenoxy) is 2. The second-order valence-corrected chi connectivity index (χ2v) is 11.6. The Kier molecular flexibility index (Phi) is 19.2. The maximum atomic E-state index is 13.9. The van der Waals surface area contributed by atoms with Crippen LogP contribution in [0.15, 0.2) is 72.9 Å². The van der Waals surface area contributed by atoms with Gasteiger partial charge in [-0.05, 0) is 36.8 Å². The van der Waals surface area contributed by atoms with E-state index in [1.54, 1.807) is 49.6 Å². The first kappa shape index (κ1) is 38.2. The van der Waals surface area contributed by atoms with Crippen LogP contribution in [0.3, 0.4) is 0 Å². The standard InChI is InChI=1S/C38H53N2O4.HI/c1-4-6-7-8-9-10-11-12-13-14-15-21-29-44-35-26-25-33(30-36(35)43-3)38(42)40(37(41)32-22-17-16-18-23-32)31-34-24-19-20-28-39(34)27-5-2;/h16-20,22-26,28,30H,4-15,21,27,29,31H2,1-3H3;1H/q+1;/p-1. The minimum absolute atomic E-state index is 0. The molecule has 0 spiro atoms. The van der Waals surface area contributed by atoms with E-state index in [0.717, 1.165) is 31.5 Å². The van der Waals surface area contributed by atoms with Gasteiger partial charge >= 0.3 is 0 Å². The number of imide groups is 1. The third kappa shape index (κ3) is 13.1. The molecule has 0 atom stereocenters. The summed E-state index contributed by atoms with van der Waals surface area (Å²) in [7, 11) is 1.57. The highest BCUT2D eigenvalue weighted by Crippen LogP contribution is 2.29. The number of nitrogens with zero attached hydrogens (tertiary/aromatic N) is 2. The normalized spacial score (nSPS) is 10.6. The summed E-state index contributed by atoms with van der Waals surface area (Å²) in [5.74, 6) is 0.380. The molecule has 0 radical (unpaired) electrons. The zero-order valence-electron chi connectivity index (χ0n) is 27.6. The molecule has 0 saturated heterocycles. The molecule has 1 aromatic heterocycles. The monoisotopic (exact) mass is 728 g/mol. The van der Waals surface area contributed by atoms with Crippen molar-refractivity contribution in [2.45, 2.75) is 110 Å². The summed E-state index contributed by atoms with van der Waals surface area (Å²) in [4.78, 5) is 28.9. The quantitative estimate of drug-likeness (QED) is 0.0589. The molecular weight excluding hydrogens is 675 g/mol. The number of halogens is 1. The van der Waals surface area contributed by atoms with Crippen molar-refractivity contribution in [2.24, 2.45) is 0 Å². The van der Waals surface area contributed by atoms with E-state index < -0.39 is 0 Å². The Bertz CT molecular complexity index is 1270. The minimum atomic E-state index is -0.378. The molecule has 2 aromatic carbocycles. The topological polar surface area (TPSA) is 59.7 Å². The Balaban J connectivity index is 0.00000705. The van der Waals surface area contributed by atoms with Crippen LogP contribution in [-0.4, -0.2) is 30.4 Å². The number of carbonyl (C=O) groups is 2. The van der Waals surface area contributed by atoms with Crippen molar-refractivity contribution in [1.82, 2.24) is 4.90 Å². The zero-order chi connectivity index (χ0) is 31.4. The van der Waals surface area contributed by atoms with E-state index in [2.05, 4.69) is 18.4 Å². The molecule has 6 nitrogen and oxygen atoms in total. The molecule has 0 N–H and O–H groups in total. The molecule has 246 valence electrons. The number of aryl methyl sites for hydroxylation is 1. The van der Waals surface area contributed by atoms with Gasteiger partial charge in [0.1, 0.15) is 13.1 Å². The van der Waals surface area contributed by atoms with Crippen molar-refractivity contribution < 1.29 is 47.6 Å². The van der Waals surface area contributed by atoms with Crippen LogP contribution in [0, 0.1) is 0 Å². The van der Waals surface area contributed by atoms with E-state index in [-0.39, 0.29) is 42.3 Å². The van der Waals surface area contributed by atoms with Gasteiger partial charge in [0.2, 0.25) is 5.69 Å². The molecule has 0 aliphatic carbocycles. The van der Waals surface area contributed by atoms with Crippen molar-refractivity contribution in [1.29, 1.82) is 0 Å². The van der Waals surface area contributed by atoms with Crippen LogP contribution in [-0.2, 0) is 13.1 Å². The number of pyridine rings is 1. The van der Waals surface area contributed by atoms with Gasteiger partial charge in [0, 0.05) is 29.7 Å². The van der Waals surface area contributed by atoms with Crippen LogP contribution >= 0.6 is 0 Å². The van der Waals surface area contributed by atoms with Crippen molar-refractivity contribution in [3.8, 4) is 11.5 Å². The van der Waals surface area contributed by atoms with Crippen LogP contribution in [0.5, 0.6) is 11.5 Å². The van der Waals surface area contributed by atoms with Gasteiger partial charge in [-0.15, -0.1) is 0 Å². The predicted octanol–water partition coefficient (Wildman–Crippen LogP) is 5.96. The zero-order valence-corrected chi connectivity index (χ0v) is 29.8. The molecule has 0 bridgehead atoms. The van der Waals surface area contributed by atoms with E-state index in [4.69, 9.17) is 9.47 Å². The molecule has 2 amide bonds. The number of methoxy groups -OCH3 is 1. The third-order valence-corrected chi connectivity index (χ3v) is 8.00. The van der Waals surface area contributed by atoms with Crippen LogP contribution < -0.4 is 38.0 Å². The third-order valence-electron chi connectivity index (χ3n) is 8.00. The van der Waals surface area contributed by atoms with Gasteiger partial charge in [0.25, 0.3) is 11.8 Å². The summed E-state index contributed by atoms with van der Waals surface area (Å²) in [6.07, 6.45) is 18.5. The number of carbonyl (C=O) groups excluding carboxylic acids is 2. The largest absolute Gasteiger partial charge is 1.00 e. The summed E-state index contributed by atoms with van der Waals surface area (Å²) in [6.45, 7) is 5.94. The Hall–Kier alpha value is -2.94. The van der Waals surface area contributed by atoms with Crippen molar-refractivity contribution >= 4 is 11.8 Å². The van der Waals surface area contributed by atoms with E-state index >= 15 is 0 Å². The molecule has 0 aliphatic rings. The predicted molar refractivity (Wildman–Crippen MR) is 177 cm³/mol. The molecule has 0 fully saturated rings. The molecule has 7 heteroatoms. The first-order valence-corrected chi connectivity index (χ1v) is 16.8. The summed E-state index contributed by atoms with van der Waals surface area (Å²) < 4.78 is 13.7. The van der Waals surface area contributed by atoms with Gasteiger partial charge in [0.05, 0.1) is 13.7 Å². The summed E-state index contributed by atoms with van der Waals surface area (Å²) in [5, 5.41) is 0. The Morgan fingerprint density at radius 1 is 0.667 bits per heavy atom. The first-order valence-electron chi connectivity index (χ1n) is 16.8. The average Bonchev–Trinajstić information content (AvgIpc) is 3.06. The second kappa shape index (κ2) is 22.5. The Labute approximate surface area is 288 Å². The highest BCUT2D eigenvalue weighted by molar-refractivity contribution is 6.10. The Morgan fingerprint density at radius 3 is 1.89 bits per heavy atom. The van der Waals surface area contributed by atoms with E-state index in [9.17, 15) is 9.59 Å². The van der Waals surface area contributed by atoms with Crippen molar-refractivity contribution in [3.63, 3.8) is 0 Å². The fraction of sp³-hybridized carbons (Fsp3) is 0.500.